The van der Waals surface area contributed by atoms with Crippen LogP contribution in [-0.2, 0) is 11.2 Å². The predicted molar refractivity (Wildman–Crippen MR) is 126 cm³/mol. The molecule has 1 aromatic carbocycles. The topological polar surface area (TPSA) is 77.4 Å². The average Bonchev–Trinajstić information content (AvgIpc) is 2.88. The summed E-state index contributed by atoms with van der Waals surface area (Å²) >= 11 is 0. The third kappa shape index (κ3) is 5.30. The van der Waals surface area contributed by atoms with Crippen LogP contribution in [0.4, 0.5) is 0 Å². The van der Waals surface area contributed by atoms with E-state index < -0.39 is 0 Å². The number of carbonyl (C=O) groups is 1. The molecule has 0 spiro atoms. The minimum Gasteiger partial charge on any atom is -0.493 e. The van der Waals surface area contributed by atoms with Gasteiger partial charge in [0, 0.05) is 37.1 Å². The molecule has 0 radical (unpaired) electrons. The molecule has 7 heteroatoms. The number of ether oxygens (including phenoxy) is 2. The fraction of sp³-hybridized carbons (Fsp3) is 0.385. The molecule has 172 valence electrons. The van der Waals surface area contributed by atoms with Crippen molar-refractivity contribution in [1.29, 1.82) is 0 Å². The van der Waals surface area contributed by atoms with Gasteiger partial charge in [0.05, 0.1) is 18.8 Å². The molecular weight excluding hydrogens is 416 g/mol. The zero-order valence-electron chi connectivity index (χ0n) is 19.2. The number of rotatable bonds is 8. The third-order valence-corrected chi connectivity index (χ3v) is 5.89. The summed E-state index contributed by atoms with van der Waals surface area (Å²) in [6.07, 6.45) is 10.1. The van der Waals surface area contributed by atoms with Crippen molar-refractivity contribution in [2.24, 2.45) is 0 Å². The Bertz CT molecular complexity index is 1070. The van der Waals surface area contributed by atoms with E-state index in [2.05, 4.69) is 16.9 Å². The molecule has 0 bridgehead atoms. The van der Waals surface area contributed by atoms with Crippen molar-refractivity contribution in [1.82, 2.24) is 19.9 Å². The van der Waals surface area contributed by atoms with Crippen LogP contribution in [0.3, 0.4) is 0 Å². The van der Waals surface area contributed by atoms with Crippen molar-refractivity contribution in [3.8, 4) is 22.6 Å². The lowest BCUT2D eigenvalue weighted by atomic mass is 9.94. The summed E-state index contributed by atoms with van der Waals surface area (Å²) in [5.74, 6) is 1.93. The SMILES string of the molecule is CCCc1ncc(-c2ccncc2)c([C@@H]2CCCCN2C(=O)COc2ccccc2OC)n1. The van der Waals surface area contributed by atoms with Gasteiger partial charge in [-0.1, -0.05) is 19.1 Å². The maximum Gasteiger partial charge on any atom is 0.261 e. The maximum atomic E-state index is 13.3. The minimum absolute atomic E-state index is 0.0473. The summed E-state index contributed by atoms with van der Waals surface area (Å²) in [6, 6.07) is 11.2. The smallest absolute Gasteiger partial charge is 0.261 e. The molecule has 1 atom stereocenters. The molecule has 4 rings (SSSR count). The molecular formula is C26H30N4O3. The molecule has 1 saturated heterocycles. The number of carbonyl (C=O) groups excluding carboxylic acids is 1. The van der Waals surface area contributed by atoms with Gasteiger partial charge in [-0.15, -0.1) is 0 Å². The number of benzene rings is 1. The van der Waals surface area contributed by atoms with Gasteiger partial charge in [0.2, 0.25) is 0 Å². The highest BCUT2D eigenvalue weighted by molar-refractivity contribution is 5.79. The highest BCUT2D eigenvalue weighted by atomic mass is 16.5. The van der Waals surface area contributed by atoms with Crippen LogP contribution in [0.1, 0.15) is 50.2 Å². The second kappa shape index (κ2) is 10.9. The lowest BCUT2D eigenvalue weighted by Gasteiger charge is -2.36. The second-order valence-corrected chi connectivity index (χ2v) is 8.11. The number of likely N-dealkylation sites (tertiary alicyclic amines) is 1. The molecule has 0 saturated carbocycles. The van der Waals surface area contributed by atoms with Gasteiger partial charge in [-0.05, 0) is 55.5 Å². The largest absolute Gasteiger partial charge is 0.493 e. The Morgan fingerprint density at radius 3 is 2.67 bits per heavy atom. The van der Waals surface area contributed by atoms with Crippen LogP contribution >= 0.6 is 0 Å². The Kier molecular flexibility index (Phi) is 7.50. The first-order valence-electron chi connectivity index (χ1n) is 11.5. The van der Waals surface area contributed by atoms with Gasteiger partial charge in [0.15, 0.2) is 18.1 Å². The molecule has 0 aliphatic carbocycles. The Morgan fingerprint density at radius 1 is 1.12 bits per heavy atom. The van der Waals surface area contributed by atoms with E-state index in [1.807, 2.05) is 47.5 Å². The number of piperidine rings is 1. The van der Waals surface area contributed by atoms with Crippen molar-refractivity contribution in [3.05, 3.63) is 66.5 Å². The number of aromatic nitrogens is 3. The van der Waals surface area contributed by atoms with Crippen molar-refractivity contribution >= 4 is 5.91 Å². The molecule has 33 heavy (non-hydrogen) atoms. The van der Waals surface area contributed by atoms with E-state index in [-0.39, 0.29) is 18.6 Å². The first kappa shape index (κ1) is 22.7. The minimum atomic E-state index is -0.116. The molecule has 0 unspecified atom stereocenters. The van der Waals surface area contributed by atoms with E-state index >= 15 is 0 Å². The number of methoxy groups -OCH3 is 1. The number of nitrogens with zero attached hydrogens (tertiary/aromatic N) is 4. The second-order valence-electron chi connectivity index (χ2n) is 8.11. The summed E-state index contributed by atoms with van der Waals surface area (Å²) in [7, 11) is 1.59. The van der Waals surface area contributed by atoms with Gasteiger partial charge in [0.25, 0.3) is 5.91 Å². The normalized spacial score (nSPS) is 15.8. The lowest BCUT2D eigenvalue weighted by Crippen LogP contribution is -2.41. The van der Waals surface area contributed by atoms with Crippen LogP contribution in [0, 0.1) is 0 Å². The quantitative estimate of drug-likeness (QED) is 0.502. The monoisotopic (exact) mass is 446 g/mol. The Hall–Kier alpha value is -3.48. The number of para-hydroxylation sites is 2. The number of hydrogen-bond donors (Lipinski definition) is 0. The molecule has 1 aliphatic heterocycles. The summed E-state index contributed by atoms with van der Waals surface area (Å²) in [5.41, 5.74) is 2.86. The average molecular weight is 447 g/mol. The first-order valence-corrected chi connectivity index (χ1v) is 11.5. The molecule has 2 aromatic heterocycles. The molecule has 3 aromatic rings. The van der Waals surface area contributed by atoms with E-state index in [0.717, 1.165) is 54.7 Å². The van der Waals surface area contributed by atoms with Crippen LogP contribution in [0.5, 0.6) is 11.5 Å². The van der Waals surface area contributed by atoms with Gasteiger partial charge < -0.3 is 14.4 Å². The van der Waals surface area contributed by atoms with E-state index in [0.29, 0.717) is 18.0 Å². The van der Waals surface area contributed by atoms with Crippen LogP contribution in [-0.4, -0.2) is 46.0 Å². The van der Waals surface area contributed by atoms with E-state index in [9.17, 15) is 4.79 Å². The summed E-state index contributed by atoms with van der Waals surface area (Å²) in [6.45, 7) is 2.75. The van der Waals surface area contributed by atoms with E-state index in [4.69, 9.17) is 14.5 Å². The van der Waals surface area contributed by atoms with Crippen LogP contribution in [0.2, 0.25) is 0 Å². The Labute approximate surface area is 194 Å². The Balaban J connectivity index is 1.62. The fourth-order valence-corrected chi connectivity index (χ4v) is 4.26. The van der Waals surface area contributed by atoms with Crippen molar-refractivity contribution in [2.75, 3.05) is 20.3 Å². The lowest BCUT2D eigenvalue weighted by molar-refractivity contribution is -0.137. The Morgan fingerprint density at radius 2 is 1.91 bits per heavy atom. The number of pyridine rings is 1. The molecule has 7 nitrogen and oxygen atoms in total. The van der Waals surface area contributed by atoms with Crippen LogP contribution in [0.15, 0.2) is 55.0 Å². The fourth-order valence-electron chi connectivity index (χ4n) is 4.26. The van der Waals surface area contributed by atoms with Crippen molar-refractivity contribution in [3.63, 3.8) is 0 Å². The number of hydrogen-bond acceptors (Lipinski definition) is 6. The highest BCUT2D eigenvalue weighted by Crippen LogP contribution is 2.36. The van der Waals surface area contributed by atoms with Gasteiger partial charge in [-0.2, -0.15) is 0 Å². The van der Waals surface area contributed by atoms with Gasteiger partial charge in [-0.3, -0.25) is 9.78 Å². The van der Waals surface area contributed by atoms with Gasteiger partial charge in [0.1, 0.15) is 5.82 Å². The van der Waals surface area contributed by atoms with Crippen LogP contribution in [0.25, 0.3) is 11.1 Å². The van der Waals surface area contributed by atoms with E-state index in [1.165, 1.54) is 0 Å². The van der Waals surface area contributed by atoms with Crippen molar-refractivity contribution in [2.45, 2.75) is 45.1 Å². The molecule has 0 N–H and O–H groups in total. The first-order chi connectivity index (χ1) is 16.2. The van der Waals surface area contributed by atoms with Crippen molar-refractivity contribution < 1.29 is 14.3 Å². The highest BCUT2D eigenvalue weighted by Gasteiger charge is 2.31. The zero-order valence-corrected chi connectivity index (χ0v) is 19.2. The zero-order chi connectivity index (χ0) is 23.0. The maximum absolute atomic E-state index is 13.3. The predicted octanol–water partition coefficient (Wildman–Crippen LogP) is 4.63. The summed E-state index contributed by atoms with van der Waals surface area (Å²) in [5, 5.41) is 0. The summed E-state index contributed by atoms with van der Waals surface area (Å²) in [4.78, 5) is 28.9. The van der Waals surface area contributed by atoms with E-state index in [1.54, 1.807) is 19.5 Å². The molecule has 1 fully saturated rings. The third-order valence-electron chi connectivity index (χ3n) is 5.89. The van der Waals surface area contributed by atoms with Gasteiger partial charge in [-0.25, -0.2) is 9.97 Å². The molecule has 3 heterocycles. The molecule has 1 amide bonds. The number of amides is 1. The summed E-state index contributed by atoms with van der Waals surface area (Å²) < 4.78 is 11.2. The molecule has 1 aliphatic rings. The number of aryl methyl sites for hydroxylation is 1. The van der Waals surface area contributed by atoms with Gasteiger partial charge >= 0.3 is 0 Å². The standard InChI is InChI=1S/C26H30N4O3/c1-3-8-24-28-17-20(19-12-14-27-15-13-19)26(29-24)21-9-6-7-16-30(21)25(31)18-33-23-11-5-4-10-22(23)32-2/h4-5,10-15,17,21H,3,6-9,16,18H2,1-2H3/t21-/m0/s1. The van der Waals surface area contributed by atoms with Crippen LogP contribution < -0.4 is 9.47 Å².